The number of carbonyl (C=O) groups is 1. The second-order valence-electron chi connectivity index (χ2n) is 4.78. The molecule has 5 nitrogen and oxygen atoms in total. The molecule has 1 amide bonds. The molecular formula is C16H20N2O3. The van der Waals surface area contributed by atoms with Crippen LogP contribution in [0.25, 0.3) is 0 Å². The quantitative estimate of drug-likeness (QED) is 0.862. The maximum absolute atomic E-state index is 12.5. The third kappa shape index (κ3) is 2.63. The van der Waals surface area contributed by atoms with Crippen LogP contribution >= 0.6 is 0 Å². The number of carbonyl (C=O) groups excluding carboxylic acids is 1. The van der Waals surface area contributed by atoms with Crippen molar-refractivity contribution in [1.29, 1.82) is 0 Å². The summed E-state index contributed by atoms with van der Waals surface area (Å²) in [6.07, 6.45) is 4.41. The predicted octanol–water partition coefficient (Wildman–Crippen LogP) is 3.26. The maximum atomic E-state index is 12.5. The molecule has 0 fully saturated rings. The van der Waals surface area contributed by atoms with Gasteiger partial charge in [0.2, 0.25) is 0 Å². The maximum Gasteiger partial charge on any atom is 0.260 e. The minimum absolute atomic E-state index is 0.0342. The van der Waals surface area contributed by atoms with Gasteiger partial charge in [0.05, 0.1) is 24.4 Å². The summed E-state index contributed by atoms with van der Waals surface area (Å²) in [7, 11) is 1.47. The highest BCUT2D eigenvalue weighted by Crippen LogP contribution is 2.37. The van der Waals surface area contributed by atoms with Gasteiger partial charge in [0.1, 0.15) is 0 Å². The van der Waals surface area contributed by atoms with Gasteiger partial charge in [-0.2, -0.15) is 0 Å². The lowest BCUT2D eigenvalue weighted by Crippen LogP contribution is -2.32. The molecule has 1 aromatic rings. The summed E-state index contributed by atoms with van der Waals surface area (Å²) in [5.74, 6) is 0.118. The lowest BCUT2D eigenvalue weighted by molar-refractivity contribution is 0.0817. The Bertz CT molecular complexity index is 620. The van der Waals surface area contributed by atoms with E-state index in [1.54, 1.807) is 17.2 Å². The number of amides is 1. The molecule has 0 aliphatic carbocycles. The van der Waals surface area contributed by atoms with Gasteiger partial charge in [-0.3, -0.25) is 9.79 Å². The van der Waals surface area contributed by atoms with E-state index >= 15 is 0 Å². The van der Waals surface area contributed by atoms with E-state index < -0.39 is 0 Å². The van der Waals surface area contributed by atoms with Crippen molar-refractivity contribution in [2.45, 2.75) is 33.2 Å². The van der Waals surface area contributed by atoms with Crippen LogP contribution in [0.3, 0.4) is 0 Å². The first kappa shape index (κ1) is 15.1. The Labute approximate surface area is 124 Å². The van der Waals surface area contributed by atoms with Crippen molar-refractivity contribution in [2.24, 2.45) is 4.99 Å². The molecule has 21 heavy (non-hydrogen) atoms. The standard InChI is InChI=1S/C14H14N2O3.C2H6/c1-8-3-9-6-15-11-5-13(19-2)12(17)4-10(11)14(18)16(9)7-8;1-2/h4-7,9,17H,3H2,1-2H3;1-2H3/t9-;/m0./s1. The fourth-order valence-corrected chi connectivity index (χ4v) is 2.45. The Morgan fingerprint density at radius 3 is 2.76 bits per heavy atom. The van der Waals surface area contributed by atoms with Crippen LogP contribution in [0.4, 0.5) is 5.69 Å². The molecule has 0 saturated heterocycles. The van der Waals surface area contributed by atoms with Gasteiger partial charge in [0, 0.05) is 18.5 Å². The highest BCUT2D eigenvalue weighted by molar-refractivity contribution is 6.04. The Hall–Kier alpha value is -2.30. The van der Waals surface area contributed by atoms with Gasteiger partial charge in [-0.15, -0.1) is 0 Å². The number of nitrogens with zero attached hydrogens (tertiary/aromatic N) is 2. The molecule has 2 aliphatic rings. The van der Waals surface area contributed by atoms with Crippen molar-refractivity contribution in [3.05, 3.63) is 29.5 Å². The number of hydrogen-bond acceptors (Lipinski definition) is 4. The number of phenols is 1. The summed E-state index contributed by atoms with van der Waals surface area (Å²) in [5.41, 5.74) is 2.06. The molecule has 0 radical (unpaired) electrons. The zero-order chi connectivity index (χ0) is 15.6. The van der Waals surface area contributed by atoms with Crippen LogP contribution in [0.5, 0.6) is 11.5 Å². The second-order valence-corrected chi connectivity index (χ2v) is 4.78. The predicted molar refractivity (Wildman–Crippen MR) is 82.5 cm³/mol. The third-order valence-electron chi connectivity index (χ3n) is 3.40. The summed E-state index contributed by atoms with van der Waals surface area (Å²) >= 11 is 0. The number of aromatic hydroxyl groups is 1. The zero-order valence-electron chi connectivity index (χ0n) is 12.8. The molecule has 0 saturated carbocycles. The summed E-state index contributed by atoms with van der Waals surface area (Å²) in [5, 5.41) is 9.81. The van der Waals surface area contributed by atoms with Gasteiger partial charge in [-0.1, -0.05) is 19.4 Å². The number of phenolic OH excluding ortho intramolecular Hbond substituents is 1. The van der Waals surface area contributed by atoms with Crippen LogP contribution < -0.4 is 4.74 Å². The molecular weight excluding hydrogens is 268 g/mol. The van der Waals surface area contributed by atoms with Crippen LogP contribution in [-0.4, -0.2) is 35.3 Å². The second kappa shape index (κ2) is 5.99. The van der Waals surface area contributed by atoms with Crippen molar-refractivity contribution < 1.29 is 14.6 Å². The van der Waals surface area contributed by atoms with Crippen LogP contribution in [0, 0.1) is 0 Å². The fraction of sp³-hybridized carbons (Fsp3) is 0.375. The zero-order valence-corrected chi connectivity index (χ0v) is 12.8. The summed E-state index contributed by atoms with van der Waals surface area (Å²) in [6.45, 7) is 5.99. The van der Waals surface area contributed by atoms with Crippen molar-refractivity contribution in [2.75, 3.05) is 7.11 Å². The smallest absolute Gasteiger partial charge is 0.260 e. The molecule has 2 aliphatic heterocycles. The van der Waals surface area contributed by atoms with E-state index in [4.69, 9.17) is 4.74 Å². The first-order valence-electron chi connectivity index (χ1n) is 7.05. The van der Waals surface area contributed by atoms with Crippen molar-refractivity contribution in [3.63, 3.8) is 0 Å². The van der Waals surface area contributed by atoms with E-state index in [1.165, 1.54) is 13.2 Å². The van der Waals surface area contributed by atoms with E-state index in [0.717, 1.165) is 12.0 Å². The highest BCUT2D eigenvalue weighted by Gasteiger charge is 2.31. The van der Waals surface area contributed by atoms with Crippen LogP contribution in [0.1, 0.15) is 37.6 Å². The van der Waals surface area contributed by atoms with Gasteiger partial charge in [0.15, 0.2) is 11.5 Å². The Morgan fingerprint density at radius 2 is 2.10 bits per heavy atom. The topological polar surface area (TPSA) is 62.1 Å². The Morgan fingerprint density at radius 1 is 1.38 bits per heavy atom. The van der Waals surface area contributed by atoms with Gasteiger partial charge >= 0.3 is 0 Å². The van der Waals surface area contributed by atoms with E-state index in [9.17, 15) is 9.90 Å². The Balaban J connectivity index is 0.000000774. The summed E-state index contributed by atoms with van der Waals surface area (Å²) < 4.78 is 5.04. The number of aliphatic imine (C=N–C) groups is 1. The number of benzene rings is 1. The van der Waals surface area contributed by atoms with Crippen molar-refractivity contribution in [3.8, 4) is 11.5 Å². The molecule has 2 heterocycles. The van der Waals surface area contributed by atoms with E-state index in [-0.39, 0.29) is 17.7 Å². The van der Waals surface area contributed by atoms with Crippen LogP contribution in [-0.2, 0) is 0 Å². The largest absolute Gasteiger partial charge is 0.504 e. The van der Waals surface area contributed by atoms with Gasteiger partial charge in [-0.25, -0.2) is 0 Å². The minimum atomic E-state index is -0.146. The highest BCUT2D eigenvalue weighted by atomic mass is 16.5. The molecule has 3 rings (SSSR count). The van der Waals surface area contributed by atoms with Crippen molar-refractivity contribution >= 4 is 17.8 Å². The number of methoxy groups -OCH3 is 1. The first-order valence-corrected chi connectivity index (χ1v) is 7.05. The first-order chi connectivity index (χ1) is 10.1. The van der Waals surface area contributed by atoms with E-state index in [1.807, 2.05) is 27.0 Å². The Kier molecular flexibility index (Phi) is 4.31. The average molecular weight is 288 g/mol. The normalized spacial score (nSPS) is 19.0. The monoisotopic (exact) mass is 288 g/mol. The molecule has 112 valence electrons. The molecule has 1 aromatic carbocycles. The average Bonchev–Trinajstić information content (AvgIpc) is 2.82. The lowest BCUT2D eigenvalue weighted by atomic mass is 10.1. The number of hydrogen-bond donors (Lipinski definition) is 1. The fourth-order valence-electron chi connectivity index (χ4n) is 2.45. The number of ether oxygens (including phenoxy) is 1. The lowest BCUT2D eigenvalue weighted by Gasteiger charge is -2.18. The molecule has 0 unspecified atom stereocenters. The van der Waals surface area contributed by atoms with Crippen LogP contribution in [0.2, 0.25) is 0 Å². The molecule has 0 spiro atoms. The summed E-state index contributed by atoms with van der Waals surface area (Å²) in [6, 6.07) is 2.96. The summed E-state index contributed by atoms with van der Waals surface area (Å²) in [4.78, 5) is 18.5. The SMILES string of the molecule is CC.COc1cc2c(cc1O)C(=O)N1C=C(C)C[C@H]1C=N2. The molecule has 0 bridgehead atoms. The van der Waals surface area contributed by atoms with Crippen LogP contribution in [0.15, 0.2) is 28.9 Å². The molecule has 0 aromatic heterocycles. The van der Waals surface area contributed by atoms with E-state index in [0.29, 0.717) is 17.0 Å². The van der Waals surface area contributed by atoms with Gasteiger partial charge in [0.25, 0.3) is 5.91 Å². The van der Waals surface area contributed by atoms with Gasteiger partial charge < -0.3 is 14.7 Å². The number of fused-ring (bicyclic) bond motifs is 2. The molecule has 5 heteroatoms. The minimum Gasteiger partial charge on any atom is -0.504 e. The van der Waals surface area contributed by atoms with E-state index in [2.05, 4.69) is 4.99 Å². The van der Waals surface area contributed by atoms with Gasteiger partial charge in [-0.05, 0) is 19.4 Å². The number of rotatable bonds is 1. The molecule has 1 atom stereocenters. The molecule has 1 N–H and O–H groups in total. The van der Waals surface area contributed by atoms with Crippen molar-refractivity contribution in [1.82, 2.24) is 4.90 Å². The third-order valence-corrected chi connectivity index (χ3v) is 3.40.